The Morgan fingerprint density at radius 3 is 2.21 bits per heavy atom. The zero-order chi connectivity index (χ0) is 13.5. The van der Waals surface area contributed by atoms with Crippen molar-refractivity contribution in [2.45, 2.75) is 45.7 Å². The van der Waals surface area contributed by atoms with Crippen LogP contribution >= 0.6 is 0 Å². The molecule has 2 heterocycles. The number of hydrogen-bond acceptors (Lipinski definition) is 4. The smallest absolute Gasteiger partial charge is 0.164 e. The first-order valence-corrected chi connectivity index (χ1v) is 7.46. The molecule has 0 amide bonds. The Kier molecular flexibility index (Phi) is 6.31. The van der Waals surface area contributed by atoms with Crippen LogP contribution in [-0.4, -0.2) is 39.0 Å². The fraction of sp³-hybridized carbons (Fsp3) is 0.867. The summed E-state index contributed by atoms with van der Waals surface area (Å²) in [6, 6.07) is 0. The zero-order valence-corrected chi connectivity index (χ0v) is 12.0. The summed E-state index contributed by atoms with van der Waals surface area (Å²) in [6.07, 6.45) is 7.24. The number of ether oxygens (including phenoxy) is 4. The van der Waals surface area contributed by atoms with Gasteiger partial charge in [0, 0.05) is 5.92 Å². The van der Waals surface area contributed by atoms with Crippen LogP contribution in [0.25, 0.3) is 0 Å². The molecule has 0 aromatic rings. The van der Waals surface area contributed by atoms with Gasteiger partial charge in [0.1, 0.15) is 0 Å². The number of rotatable bonds is 5. The van der Waals surface area contributed by atoms with Crippen molar-refractivity contribution in [3.63, 3.8) is 0 Å². The van der Waals surface area contributed by atoms with E-state index in [1.807, 2.05) is 0 Å². The highest BCUT2D eigenvalue weighted by Crippen LogP contribution is 2.24. The molecule has 19 heavy (non-hydrogen) atoms. The maximum atomic E-state index is 5.79. The molecule has 110 valence electrons. The van der Waals surface area contributed by atoms with E-state index in [1.54, 1.807) is 0 Å². The van der Waals surface area contributed by atoms with Gasteiger partial charge in [-0.2, -0.15) is 0 Å². The molecule has 0 aromatic heterocycles. The molecular weight excluding hydrogens is 244 g/mol. The summed E-state index contributed by atoms with van der Waals surface area (Å²) in [5, 5.41) is 0. The van der Waals surface area contributed by atoms with Gasteiger partial charge in [-0.15, -0.1) is 0 Å². The van der Waals surface area contributed by atoms with Crippen LogP contribution < -0.4 is 0 Å². The predicted octanol–water partition coefficient (Wildman–Crippen LogP) is 2.73. The standard InChI is InChI=1S/C15H26O4/c1-3-5-7-12-8-18-15(19-9-12)13-10-16-14(6-4-2)17-11-13/h5,7,12-15H,3-4,6,8-11H2,1-2H3/b7-5+. The van der Waals surface area contributed by atoms with Gasteiger partial charge in [-0.25, -0.2) is 0 Å². The van der Waals surface area contributed by atoms with Gasteiger partial charge in [-0.05, 0) is 12.8 Å². The van der Waals surface area contributed by atoms with Crippen LogP contribution in [0.3, 0.4) is 0 Å². The maximum absolute atomic E-state index is 5.79. The molecule has 0 saturated carbocycles. The van der Waals surface area contributed by atoms with Crippen molar-refractivity contribution in [2.75, 3.05) is 26.4 Å². The molecule has 0 radical (unpaired) electrons. The first-order chi connectivity index (χ1) is 9.33. The van der Waals surface area contributed by atoms with Crippen LogP contribution in [0, 0.1) is 11.8 Å². The van der Waals surface area contributed by atoms with E-state index in [4.69, 9.17) is 18.9 Å². The van der Waals surface area contributed by atoms with Crippen molar-refractivity contribution in [2.24, 2.45) is 11.8 Å². The molecule has 2 saturated heterocycles. The van der Waals surface area contributed by atoms with Gasteiger partial charge in [0.05, 0.1) is 32.3 Å². The average Bonchev–Trinajstić information content (AvgIpc) is 2.47. The quantitative estimate of drug-likeness (QED) is 0.720. The molecule has 0 unspecified atom stereocenters. The first-order valence-electron chi connectivity index (χ1n) is 7.46. The Balaban J connectivity index is 1.69. The maximum Gasteiger partial charge on any atom is 0.164 e. The molecule has 2 rings (SSSR count). The van der Waals surface area contributed by atoms with Crippen LogP contribution in [0.4, 0.5) is 0 Å². The Labute approximate surface area is 116 Å². The minimum Gasteiger partial charge on any atom is -0.352 e. The highest BCUT2D eigenvalue weighted by atomic mass is 16.7. The monoisotopic (exact) mass is 270 g/mol. The largest absolute Gasteiger partial charge is 0.352 e. The van der Waals surface area contributed by atoms with Crippen LogP contribution in [0.1, 0.15) is 33.1 Å². The molecular formula is C15H26O4. The summed E-state index contributed by atoms with van der Waals surface area (Å²) in [7, 11) is 0. The second kappa shape index (κ2) is 8.00. The van der Waals surface area contributed by atoms with E-state index in [0.29, 0.717) is 19.1 Å². The lowest BCUT2D eigenvalue weighted by atomic mass is 10.1. The van der Waals surface area contributed by atoms with Crippen LogP contribution in [0.2, 0.25) is 0 Å². The molecule has 2 fully saturated rings. The summed E-state index contributed by atoms with van der Waals surface area (Å²) < 4.78 is 22.9. The van der Waals surface area contributed by atoms with E-state index in [9.17, 15) is 0 Å². The van der Waals surface area contributed by atoms with Crippen molar-refractivity contribution in [3.8, 4) is 0 Å². The van der Waals surface area contributed by atoms with E-state index in [0.717, 1.165) is 32.5 Å². The Bertz CT molecular complexity index is 263. The summed E-state index contributed by atoms with van der Waals surface area (Å²) in [5.41, 5.74) is 0. The van der Waals surface area contributed by atoms with Gasteiger partial charge in [0.15, 0.2) is 12.6 Å². The Morgan fingerprint density at radius 1 is 0.947 bits per heavy atom. The van der Waals surface area contributed by atoms with Crippen LogP contribution in [-0.2, 0) is 18.9 Å². The number of hydrogen-bond donors (Lipinski definition) is 0. The van der Waals surface area contributed by atoms with Gasteiger partial charge in [0.25, 0.3) is 0 Å². The normalized spacial score (nSPS) is 36.7. The Morgan fingerprint density at radius 2 is 1.63 bits per heavy atom. The van der Waals surface area contributed by atoms with E-state index < -0.39 is 0 Å². The van der Waals surface area contributed by atoms with Crippen molar-refractivity contribution in [1.82, 2.24) is 0 Å². The molecule has 4 nitrogen and oxygen atoms in total. The average molecular weight is 270 g/mol. The predicted molar refractivity (Wildman–Crippen MR) is 72.7 cm³/mol. The van der Waals surface area contributed by atoms with Crippen molar-refractivity contribution >= 4 is 0 Å². The van der Waals surface area contributed by atoms with Gasteiger partial charge < -0.3 is 18.9 Å². The lowest BCUT2D eigenvalue weighted by Crippen LogP contribution is -2.44. The van der Waals surface area contributed by atoms with E-state index in [1.165, 1.54) is 0 Å². The van der Waals surface area contributed by atoms with E-state index in [2.05, 4.69) is 26.0 Å². The molecule has 0 aliphatic carbocycles. The third kappa shape index (κ3) is 4.56. The van der Waals surface area contributed by atoms with Gasteiger partial charge in [-0.3, -0.25) is 0 Å². The third-order valence-electron chi connectivity index (χ3n) is 3.49. The third-order valence-corrected chi connectivity index (χ3v) is 3.49. The lowest BCUT2D eigenvalue weighted by Gasteiger charge is -2.37. The van der Waals surface area contributed by atoms with Gasteiger partial charge in [-0.1, -0.05) is 32.4 Å². The van der Waals surface area contributed by atoms with Crippen molar-refractivity contribution in [1.29, 1.82) is 0 Å². The second-order valence-corrected chi connectivity index (χ2v) is 5.28. The molecule has 0 atom stereocenters. The highest BCUT2D eigenvalue weighted by molar-refractivity contribution is 4.89. The van der Waals surface area contributed by atoms with Gasteiger partial charge >= 0.3 is 0 Å². The Hall–Kier alpha value is -0.420. The molecule has 0 N–H and O–H groups in total. The minimum atomic E-state index is -0.172. The number of allylic oxidation sites excluding steroid dienone is 1. The fourth-order valence-corrected chi connectivity index (χ4v) is 2.36. The van der Waals surface area contributed by atoms with E-state index >= 15 is 0 Å². The van der Waals surface area contributed by atoms with Crippen molar-refractivity contribution in [3.05, 3.63) is 12.2 Å². The summed E-state index contributed by atoms with van der Waals surface area (Å²) in [6.45, 7) is 7.07. The molecule has 2 aliphatic heterocycles. The summed E-state index contributed by atoms with van der Waals surface area (Å²) in [4.78, 5) is 0. The highest BCUT2D eigenvalue weighted by Gasteiger charge is 2.32. The molecule has 0 bridgehead atoms. The van der Waals surface area contributed by atoms with Gasteiger partial charge in [0.2, 0.25) is 0 Å². The first kappa shape index (κ1) is 15.0. The van der Waals surface area contributed by atoms with E-state index in [-0.39, 0.29) is 18.5 Å². The molecule has 4 heteroatoms. The topological polar surface area (TPSA) is 36.9 Å². The molecule has 2 aliphatic rings. The fourth-order valence-electron chi connectivity index (χ4n) is 2.36. The minimum absolute atomic E-state index is 0.0370. The van der Waals surface area contributed by atoms with Crippen molar-refractivity contribution < 1.29 is 18.9 Å². The summed E-state index contributed by atoms with van der Waals surface area (Å²) in [5.74, 6) is 0.582. The molecule has 0 aromatic carbocycles. The SMILES string of the molecule is CC/C=C/C1COC(C2COC(CCC)OC2)OC1. The van der Waals surface area contributed by atoms with Crippen LogP contribution in [0.5, 0.6) is 0 Å². The summed E-state index contributed by atoms with van der Waals surface area (Å²) >= 11 is 0. The molecule has 0 spiro atoms. The van der Waals surface area contributed by atoms with Crippen LogP contribution in [0.15, 0.2) is 12.2 Å². The zero-order valence-electron chi connectivity index (χ0n) is 12.0. The lowest BCUT2D eigenvalue weighted by molar-refractivity contribution is -0.278. The second-order valence-electron chi connectivity index (χ2n) is 5.28.